The third kappa shape index (κ3) is 2.10. The smallest absolute Gasteiger partial charge is 0.347 e. The summed E-state index contributed by atoms with van der Waals surface area (Å²) >= 11 is 0. The molecule has 0 saturated carbocycles. The molecule has 0 unspecified atom stereocenters. The van der Waals surface area contributed by atoms with Gasteiger partial charge in [-0.3, -0.25) is 4.79 Å². The predicted molar refractivity (Wildman–Crippen MR) is 64.2 cm³/mol. The van der Waals surface area contributed by atoms with Gasteiger partial charge in [-0.2, -0.15) is 0 Å². The number of carbonyl (C=O) groups is 2. The first kappa shape index (κ1) is 11.9. The van der Waals surface area contributed by atoms with E-state index in [2.05, 4.69) is 10.1 Å². The molecule has 92 valence electrons. The Bertz CT molecular complexity index is 558. The Labute approximate surface area is 103 Å². The van der Waals surface area contributed by atoms with Gasteiger partial charge in [-0.05, 0) is 11.6 Å². The second-order valence-electron chi connectivity index (χ2n) is 3.64. The fraction of sp³-hybridized carbons (Fsp3) is 0.0769. The van der Waals surface area contributed by atoms with E-state index in [4.69, 9.17) is 0 Å². The summed E-state index contributed by atoms with van der Waals surface area (Å²) in [5.74, 6) is -1.92. The van der Waals surface area contributed by atoms with Crippen LogP contribution >= 0.6 is 0 Å². The van der Waals surface area contributed by atoms with E-state index in [-0.39, 0.29) is 11.3 Å². The SMILES string of the molecule is COC(=O)C1=C(O)/C(=C/c2ccccc2)NC1=O. The highest BCUT2D eigenvalue weighted by molar-refractivity contribution is 6.20. The molecule has 0 fully saturated rings. The first-order valence-corrected chi connectivity index (χ1v) is 5.23. The van der Waals surface area contributed by atoms with E-state index >= 15 is 0 Å². The molecule has 1 aliphatic heterocycles. The van der Waals surface area contributed by atoms with Crippen LogP contribution in [0.4, 0.5) is 0 Å². The van der Waals surface area contributed by atoms with Gasteiger partial charge >= 0.3 is 5.97 Å². The van der Waals surface area contributed by atoms with Crippen LogP contribution in [0, 0.1) is 0 Å². The lowest BCUT2D eigenvalue weighted by molar-refractivity contribution is -0.137. The van der Waals surface area contributed by atoms with Crippen molar-refractivity contribution in [2.45, 2.75) is 0 Å². The van der Waals surface area contributed by atoms with E-state index in [0.29, 0.717) is 0 Å². The van der Waals surface area contributed by atoms with Crippen LogP contribution in [0.2, 0.25) is 0 Å². The molecule has 0 atom stereocenters. The molecule has 1 aliphatic rings. The number of hydrogen-bond acceptors (Lipinski definition) is 4. The average Bonchev–Trinajstić information content (AvgIpc) is 2.65. The summed E-state index contributed by atoms with van der Waals surface area (Å²) in [7, 11) is 1.15. The molecule has 0 saturated heterocycles. The lowest BCUT2D eigenvalue weighted by Gasteiger charge is -1.99. The number of amides is 1. The summed E-state index contributed by atoms with van der Waals surface area (Å²) in [6, 6.07) is 9.12. The molecule has 0 radical (unpaired) electrons. The van der Waals surface area contributed by atoms with Crippen LogP contribution in [-0.2, 0) is 14.3 Å². The van der Waals surface area contributed by atoms with Crippen molar-refractivity contribution >= 4 is 18.0 Å². The second-order valence-corrected chi connectivity index (χ2v) is 3.64. The highest BCUT2D eigenvalue weighted by atomic mass is 16.5. The predicted octanol–water partition coefficient (Wildman–Crippen LogP) is 1.14. The summed E-state index contributed by atoms with van der Waals surface area (Å²) in [4.78, 5) is 22.8. The van der Waals surface area contributed by atoms with Crippen LogP contribution in [-0.4, -0.2) is 24.1 Å². The van der Waals surface area contributed by atoms with Gasteiger partial charge in [0.25, 0.3) is 5.91 Å². The first-order chi connectivity index (χ1) is 8.63. The maximum atomic E-state index is 11.5. The monoisotopic (exact) mass is 245 g/mol. The summed E-state index contributed by atoms with van der Waals surface area (Å²) < 4.78 is 4.43. The number of carbonyl (C=O) groups excluding carboxylic acids is 2. The maximum absolute atomic E-state index is 11.5. The van der Waals surface area contributed by atoms with Gasteiger partial charge in [0.2, 0.25) is 0 Å². The zero-order valence-electron chi connectivity index (χ0n) is 9.64. The number of aliphatic hydroxyl groups excluding tert-OH is 1. The van der Waals surface area contributed by atoms with E-state index in [9.17, 15) is 14.7 Å². The molecule has 1 heterocycles. The Kier molecular flexibility index (Phi) is 3.14. The second kappa shape index (κ2) is 4.75. The van der Waals surface area contributed by atoms with Crippen LogP contribution in [0.15, 0.2) is 47.4 Å². The fourth-order valence-corrected chi connectivity index (χ4v) is 1.60. The molecule has 2 N–H and O–H groups in total. The van der Waals surface area contributed by atoms with E-state index in [0.717, 1.165) is 12.7 Å². The minimum absolute atomic E-state index is 0.187. The molecule has 5 heteroatoms. The highest BCUT2D eigenvalue weighted by Crippen LogP contribution is 2.21. The van der Waals surface area contributed by atoms with Crippen molar-refractivity contribution in [1.29, 1.82) is 0 Å². The van der Waals surface area contributed by atoms with Gasteiger partial charge in [0.05, 0.1) is 12.8 Å². The van der Waals surface area contributed by atoms with Crippen LogP contribution in [0.5, 0.6) is 0 Å². The lowest BCUT2D eigenvalue weighted by Crippen LogP contribution is -2.20. The maximum Gasteiger partial charge on any atom is 0.347 e. The molecule has 0 aliphatic carbocycles. The van der Waals surface area contributed by atoms with Crippen molar-refractivity contribution in [3.8, 4) is 0 Å². The summed E-state index contributed by atoms with van der Waals surface area (Å²) in [6.45, 7) is 0. The van der Waals surface area contributed by atoms with Crippen molar-refractivity contribution in [3.63, 3.8) is 0 Å². The molecule has 1 aromatic rings. The Balaban J connectivity index is 2.39. The number of benzene rings is 1. The number of methoxy groups -OCH3 is 1. The molecule has 2 rings (SSSR count). The lowest BCUT2D eigenvalue weighted by atomic mass is 10.1. The third-order valence-corrected chi connectivity index (χ3v) is 2.47. The number of nitrogens with one attached hydrogen (secondary N) is 1. The Morgan fingerprint density at radius 1 is 1.33 bits per heavy atom. The molecule has 1 amide bonds. The van der Waals surface area contributed by atoms with Gasteiger partial charge in [0, 0.05) is 0 Å². The first-order valence-electron chi connectivity index (χ1n) is 5.23. The molecule has 0 bridgehead atoms. The molecule has 0 aromatic heterocycles. The number of esters is 1. The molecule has 1 aromatic carbocycles. The van der Waals surface area contributed by atoms with Crippen LogP contribution in [0.1, 0.15) is 5.56 Å². The fourth-order valence-electron chi connectivity index (χ4n) is 1.60. The molecule has 0 spiro atoms. The summed E-state index contributed by atoms with van der Waals surface area (Å²) in [5.41, 5.74) is 0.608. The van der Waals surface area contributed by atoms with Gasteiger partial charge in [-0.1, -0.05) is 30.3 Å². The Morgan fingerprint density at radius 2 is 2.00 bits per heavy atom. The molecule has 18 heavy (non-hydrogen) atoms. The van der Waals surface area contributed by atoms with Crippen LogP contribution < -0.4 is 5.32 Å². The average molecular weight is 245 g/mol. The normalized spacial score (nSPS) is 16.9. The molecular weight excluding hydrogens is 234 g/mol. The zero-order chi connectivity index (χ0) is 13.1. The minimum Gasteiger partial charge on any atom is -0.505 e. The third-order valence-electron chi connectivity index (χ3n) is 2.47. The van der Waals surface area contributed by atoms with Crippen molar-refractivity contribution < 1.29 is 19.4 Å². The largest absolute Gasteiger partial charge is 0.505 e. The topological polar surface area (TPSA) is 75.6 Å². The van der Waals surface area contributed by atoms with Crippen molar-refractivity contribution in [1.82, 2.24) is 5.32 Å². The minimum atomic E-state index is -0.860. The van der Waals surface area contributed by atoms with Crippen molar-refractivity contribution in [2.75, 3.05) is 7.11 Å². The van der Waals surface area contributed by atoms with E-state index < -0.39 is 17.6 Å². The number of hydrogen-bond donors (Lipinski definition) is 2. The summed E-state index contributed by atoms with van der Waals surface area (Å²) in [6.07, 6.45) is 1.57. The zero-order valence-corrected chi connectivity index (χ0v) is 9.64. The quantitative estimate of drug-likeness (QED) is 0.605. The number of aliphatic hydroxyl groups is 1. The van der Waals surface area contributed by atoms with Gasteiger partial charge < -0.3 is 15.2 Å². The van der Waals surface area contributed by atoms with Crippen LogP contribution in [0.25, 0.3) is 6.08 Å². The molecular formula is C13H11NO4. The van der Waals surface area contributed by atoms with Crippen LogP contribution in [0.3, 0.4) is 0 Å². The number of ether oxygens (including phenoxy) is 1. The van der Waals surface area contributed by atoms with Gasteiger partial charge in [0.1, 0.15) is 0 Å². The highest BCUT2D eigenvalue weighted by Gasteiger charge is 2.33. The van der Waals surface area contributed by atoms with Crippen molar-refractivity contribution in [2.24, 2.45) is 0 Å². The molecule has 5 nitrogen and oxygen atoms in total. The van der Waals surface area contributed by atoms with E-state index in [1.54, 1.807) is 6.08 Å². The Morgan fingerprint density at radius 3 is 2.61 bits per heavy atom. The standard InChI is InChI=1S/C13H11NO4/c1-18-13(17)10-11(15)9(14-12(10)16)7-8-5-3-2-4-6-8/h2-7,15H,1H3,(H,14,16)/b9-7-. The van der Waals surface area contributed by atoms with Gasteiger partial charge in [-0.25, -0.2) is 4.79 Å². The van der Waals surface area contributed by atoms with Gasteiger partial charge in [0.15, 0.2) is 11.3 Å². The number of rotatable bonds is 2. The van der Waals surface area contributed by atoms with E-state index in [1.165, 1.54) is 0 Å². The van der Waals surface area contributed by atoms with Gasteiger partial charge in [-0.15, -0.1) is 0 Å². The summed E-state index contributed by atoms with van der Waals surface area (Å²) in [5, 5.41) is 12.2. The Hall–Kier alpha value is -2.56. The van der Waals surface area contributed by atoms with E-state index in [1.807, 2.05) is 30.3 Å². The van der Waals surface area contributed by atoms with Crippen molar-refractivity contribution in [3.05, 3.63) is 52.9 Å².